The van der Waals surface area contributed by atoms with Crippen LogP contribution in [0, 0.1) is 0 Å². The maximum absolute atomic E-state index is 6.71. The molecule has 0 bridgehead atoms. The third-order valence-electron chi connectivity index (χ3n) is 6.92. The standard InChI is InChI=1S/C28H28N2O2/c1-27(2)19-28(16-17-31-27)30-25(23-10-6-7-11-26(23)32-28)18-24(29-30)22-14-12-21(13-15-22)20-8-4-3-5-9-20/h3-15,25H,16-19H2,1-2H3/t25-,28+/m1/s1. The van der Waals surface area contributed by atoms with E-state index in [2.05, 4.69) is 97.7 Å². The van der Waals surface area contributed by atoms with E-state index in [0.717, 1.165) is 30.7 Å². The predicted molar refractivity (Wildman–Crippen MR) is 127 cm³/mol. The van der Waals surface area contributed by atoms with E-state index in [9.17, 15) is 0 Å². The number of ether oxygens (including phenoxy) is 2. The lowest BCUT2D eigenvalue weighted by atomic mass is 9.86. The molecule has 32 heavy (non-hydrogen) atoms. The Morgan fingerprint density at radius 1 is 0.844 bits per heavy atom. The second-order valence-corrected chi connectivity index (χ2v) is 9.68. The second kappa shape index (κ2) is 7.21. The van der Waals surface area contributed by atoms with Crippen LogP contribution in [0.2, 0.25) is 0 Å². The molecule has 0 radical (unpaired) electrons. The van der Waals surface area contributed by atoms with Gasteiger partial charge in [-0.15, -0.1) is 0 Å². The summed E-state index contributed by atoms with van der Waals surface area (Å²) >= 11 is 0. The summed E-state index contributed by atoms with van der Waals surface area (Å²) in [5.41, 5.74) is 5.27. The number of hydrogen-bond donors (Lipinski definition) is 0. The minimum Gasteiger partial charge on any atom is -0.466 e. The first-order chi connectivity index (χ1) is 15.5. The zero-order valence-electron chi connectivity index (χ0n) is 18.6. The molecule has 4 nitrogen and oxygen atoms in total. The molecule has 0 aliphatic carbocycles. The SMILES string of the molecule is CC1(C)C[C@]2(CCO1)Oc1ccccc1[C@H]1CC(c3ccc(-c4ccccc4)cc3)=NN12. The lowest BCUT2D eigenvalue weighted by molar-refractivity contribution is -0.212. The second-order valence-electron chi connectivity index (χ2n) is 9.68. The van der Waals surface area contributed by atoms with Gasteiger partial charge in [0.15, 0.2) is 0 Å². The topological polar surface area (TPSA) is 34.1 Å². The Balaban J connectivity index is 1.38. The number of benzene rings is 3. The molecule has 6 rings (SSSR count). The zero-order chi connectivity index (χ0) is 21.8. The monoisotopic (exact) mass is 424 g/mol. The molecule has 0 saturated carbocycles. The van der Waals surface area contributed by atoms with Crippen LogP contribution in [0.1, 0.15) is 50.3 Å². The zero-order valence-corrected chi connectivity index (χ0v) is 18.6. The molecule has 0 unspecified atom stereocenters. The Morgan fingerprint density at radius 2 is 1.53 bits per heavy atom. The third kappa shape index (κ3) is 3.21. The Bertz CT molecular complexity index is 1170. The highest BCUT2D eigenvalue weighted by molar-refractivity contribution is 6.02. The smallest absolute Gasteiger partial charge is 0.203 e. The fourth-order valence-corrected chi connectivity index (χ4v) is 5.46. The van der Waals surface area contributed by atoms with E-state index in [0.29, 0.717) is 6.61 Å². The van der Waals surface area contributed by atoms with Crippen molar-refractivity contribution in [2.45, 2.75) is 50.5 Å². The fraction of sp³-hybridized carbons (Fsp3) is 0.321. The van der Waals surface area contributed by atoms with Crippen molar-refractivity contribution in [3.8, 4) is 16.9 Å². The van der Waals surface area contributed by atoms with Gasteiger partial charge in [-0.2, -0.15) is 5.10 Å². The molecule has 4 heteroatoms. The Labute approximate surface area is 189 Å². The molecule has 0 N–H and O–H groups in total. The summed E-state index contributed by atoms with van der Waals surface area (Å²) in [5, 5.41) is 7.44. The first-order valence-corrected chi connectivity index (χ1v) is 11.5. The van der Waals surface area contributed by atoms with Crippen LogP contribution in [0.5, 0.6) is 5.75 Å². The first-order valence-electron chi connectivity index (χ1n) is 11.5. The van der Waals surface area contributed by atoms with E-state index in [1.165, 1.54) is 22.3 Å². The lowest BCUT2D eigenvalue weighted by Crippen LogP contribution is -2.60. The number of nitrogens with zero attached hydrogens (tertiary/aromatic N) is 2. The molecular weight excluding hydrogens is 396 g/mol. The van der Waals surface area contributed by atoms with Gasteiger partial charge in [-0.1, -0.05) is 72.8 Å². The summed E-state index contributed by atoms with van der Waals surface area (Å²) < 4.78 is 12.8. The van der Waals surface area contributed by atoms with Crippen LogP contribution in [0.3, 0.4) is 0 Å². The molecule has 3 heterocycles. The number of para-hydroxylation sites is 1. The molecule has 2 atom stereocenters. The summed E-state index contributed by atoms with van der Waals surface area (Å²) in [6, 6.07) is 27.9. The van der Waals surface area contributed by atoms with E-state index in [1.807, 2.05) is 0 Å². The van der Waals surface area contributed by atoms with Crippen molar-refractivity contribution in [3.05, 3.63) is 90.0 Å². The van der Waals surface area contributed by atoms with Crippen molar-refractivity contribution in [3.63, 3.8) is 0 Å². The van der Waals surface area contributed by atoms with Crippen molar-refractivity contribution in [2.75, 3.05) is 6.61 Å². The normalized spacial score (nSPS) is 25.6. The van der Waals surface area contributed by atoms with Crippen molar-refractivity contribution in [1.82, 2.24) is 5.01 Å². The van der Waals surface area contributed by atoms with Gasteiger partial charge >= 0.3 is 0 Å². The number of hydrazone groups is 1. The highest BCUT2D eigenvalue weighted by atomic mass is 16.5. The van der Waals surface area contributed by atoms with Gasteiger partial charge < -0.3 is 9.47 Å². The Morgan fingerprint density at radius 3 is 2.31 bits per heavy atom. The molecule has 1 saturated heterocycles. The molecule has 1 fully saturated rings. The van der Waals surface area contributed by atoms with Crippen molar-refractivity contribution in [2.24, 2.45) is 5.10 Å². The van der Waals surface area contributed by atoms with Crippen LogP contribution in [0.25, 0.3) is 11.1 Å². The van der Waals surface area contributed by atoms with Crippen LogP contribution in [0.4, 0.5) is 0 Å². The largest absolute Gasteiger partial charge is 0.466 e. The molecule has 3 aromatic carbocycles. The predicted octanol–water partition coefficient (Wildman–Crippen LogP) is 6.18. The van der Waals surface area contributed by atoms with Crippen LogP contribution in [-0.2, 0) is 4.74 Å². The molecule has 3 aliphatic rings. The summed E-state index contributed by atoms with van der Waals surface area (Å²) in [7, 11) is 0. The van der Waals surface area contributed by atoms with E-state index in [-0.39, 0.29) is 11.6 Å². The van der Waals surface area contributed by atoms with Crippen LogP contribution >= 0.6 is 0 Å². The minimum atomic E-state index is -0.466. The Kier molecular flexibility index (Phi) is 4.41. The lowest BCUT2D eigenvalue weighted by Gasteiger charge is -2.52. The first kappa shape index (κ1) is 19.6. The maximum Gasteiger partial charge on any atom is 0.203 e. The van der Waals surface area contributed by atoms with Crippen molar-refractivity contribution < 1.29 is 9.47 Å². The molecule has 3 aromatic rings. The summed E-state index contributed by atoms with van der Waals surface area (Å²) in [6.45, 7) is 4.97. The average molecular weight is 425 g/mol. The van der Waals surface area contributed by atoms with Crippen LogP contribution in [-0.4, -0.2) is 28.7 Å². The number of fused-ring (bicyclic) bond motifs is 4. The van der Waals surface area contributed by atoms with Crippen molar-refractivity contribution in [1.29, 1.82) is 0 Å². The van der Waals surface area contributed by atoms with Gasteiger partial charge in [0.05, 0.1) is 24.0 Å². The summed E-state index contributed by atoms with van der Waals surface area (Å²) in [4.78, 5) is 0. The van der Waals surface area contributed by atoms with E-state index >= 15 is 0 Å². The molecule has 162 valence electrons. The van der Waals surface area contributed by atoms with Gasteiger partial charge in [-0.05, 0) is 36.6 Å². The average Bonchev–Trinajstić information content (AvgIpc) is 3.26. The quantitative estimate of drug-likeness (QED) is 0.492. The maximum atomic E-state index is 6.71. The van der Waals surface area contributed by atoms with Gasteiger partial charge in [0.25, 0.3) is 0 Å². The van der Waals surface area contributed by atoms with Gasteiger partial charge in [0.1, 0.15) is 5.75 Å². The molecule has 3 aliphatic heterocycles. The molecule has 0 amide bonds. The molecule has 0 aromatic heterocycles. The Hall–Kier alpha value is -3.11. The van der Waals surface area contributed by atoms with Gasteiger partial charge in [0.2, 0.25) is 5.72 Å². The highest BCUT2D eigenvalue weighted by Gasteiger charge is 2.54. The fourth-order valence-electron chi connectivity index (χ4n) is 5.46. The molecular formula is C28H28N2O2. The van der Waals surface area contributed by atoms with E-state index < -0.39 is 5.72 Å². The van der Waals surface area contributed by atoms with Crippen LogP contribution in [0.15, 0.2) is 84.0 Å². The van der Waals surface area contributed by atoms with Crippen LogP contribution < -0.4 is 4.74 Å². The minimum absolute atomic E-state index is 0.192. The van der Waals surface area contributed by atoms with Gasteiger partial charge in [0, 0.05) is 24.8 Å². The van der Waals surface area contributed by atoms with Gasteiger partial charge in [-0.3, -0.25) is 0 Å². The van der Waals surface area contributed by atoms with E-state index in [4.69, 9.17) is 14.6 Å². The van der Waals surface area contributed by atoms with Gasteiger partial charge in [-0.25, -0.2) is 5.01 Å². The highest BCUT2D eigenvalue weighted by Crippen LogP contribution is 2.51. The third-order valence-corrected chi connectivity index (χ3v) is 6.92. The summed E-state index contributed by atoms with van der Waals surface area (Å²) in [6.07, 6.45) is 2.48. The number of rotatable bonds is 2. The van der Waals surface area contributed by atoms with E-state index in [1.54, 1.807) is 0 Å². The summed E-state index contributed by atoms with van der Waals surface area (Å²) in [5.74, 6) is 0.988. The molecule has 1 spiro atoms. The number of hydrogen-bond acceptors (Lipinski definition) is 4. The van der Waals surface area contributed by atoms with Crippen molar-refractivity contribution >= 4 is 5.71 Å².